The lowest BCUT2D eigenvalue weighted by Crippen LogP contribution is -2.57. The predicted octanol–water partition coefficient (Wildman–Crippen LogP) is -0.885. The van der Waals surface area contributed by atoms with Gasteiger partial charge in [-0.25, -0.2) is 8.42 Å². The molecule has 7 heteroatoms. The van der Waals surface area contributed by atoms with Crippen LogP contribution >= 0.6 is 11.6 Å². The van der Waals surface area contributed by atoms with E-state index in [0.717, 1.165) is 4.31 Å². The van der Waals surface area contributed by atoms with Crippen molar-refractivity contribution in [3.63, 3.8) is 0 Å². The van der Waals surface area contributed by atoms with Gasteiger partial charge in [-0.3, -0.25) is 4.79 Å². The molecule has 76 valence electrons. The van der Waals surface area contributed by atoms with Gasteiger partial charge in [0.25, 0.3) is 0 Å². The Balaban J connectivity index is 2.68. The molecule has 0 aromatic rings. The molecule has 1 rings (SSSR count). The van der Waals surface area contributed by atoms with Crippen LogP contribution < -0.4 is 5.73 Å². The number of nitrogens with zero attached hydrogens (tertiary/aromatic N) is 1. The van der Waals surface area contributed by atoms with Gasteiger partial charge in [0.15, 0.2) is 0 Å². The standard InChI is InChI=1S/C6H11ClN2O3S/c7-2-4-13(11,12)9-3-1-5(9)6(8)10/h5H,1-4H2,(H2,8,10). The van der Waals surface area contributed by atoms with Crippen molar-refractivity contribution >= 4 is 27.5 Å². The van der Waals surface area contributed by atoms with Crippen molar-refractivity contribution in [1.29, 1.82) is 0 Å². The molecule has 0 radical (unpaired) electrons. The van der Waals surface area contributed by atoms with Gasteiger partial charge in [-0.1, -0.05) is 0 Å². The molecule has 0 spiro atoms. The van der Waals surface area contributed by atoms with E-state index in [9.17, 15) is 13.2 Å². The van der Waals surface area contributed by atoms with Crippen LogP contribution in [0.5, 0.6) is 0 Å². The quantitative estimate of drug-likeness (QED) is 0.632. The zero-order valence-electron chi connectivity index (χ0n) is 6.94. The summed E-state index contributed by atoms with van der Waals surface area (Å²) >= 11 is 5.32. The molecular weight excluding hydrogens is 216 g/mol. The van der Waals surface area contributed by atoms with Crippen LogP contribution in [0.3, 0.4) is 0 Å². The second-order valence-electron chi connectivity index (χ2n) is 2.82. The molecular formula is C6H11ClN2O3S. The van der Waals surface area contributed by atoms with E-state index in [1.54, 1.807) is 0 Å². The minimum Gasteiger partial charge on any atom is -0.368 e. The Morgan fingerprint density at radius 1 is 1.62 bits per heavy atom. The molecule has 1 saturated heterocycles. The van der Waals surface area contributed by atoms with Gasteiger partial charge in [0.1, 0.15) is 6.04 Å². The summed E-state index contributed by atoms with van der Waals surface area (Å²) in [5, 5.41) is 0. The van der Waals surface area contributed by atoms with Gasteiger partial charge in [0, 0.05) is 12.4 Å². The molecule has 13 heavy (non-hydrogen) atoms. The van der Waals surface area contributed by atoms with E-state index >= 15 is 0 Å². The van der Waals surface area contributed by atoms with E-state index in [1.807, 2.05) is 0 Å². The zero-order valence-corrected chi connectivity index (χ0v) is 8.51. The fraction of sp³-hybridized carbons (Fsp3) is 0.833. The first kappa shape index (κ1) is 10.7. The van der Waals surface area contributed by atoms with Crippen molar-refractivity contribution in [3.05, 3.63) is 0 Å². The Morgan fingerprint density at radius 3 is 2.54 bits per heavy atom. The highest BCUT2D eigenvalue weighted by Crippen LogP contribution is 2.21. The minimum absolute atomic E-state index is 0.0321. The second kappa shape index (κ2) is 3.81. The summed E-state index contributed by atoms with van der Waals surface area (Å²) in [4.78, 5) is 10.7. The summed E-state index contributed by atoms with van der Waals surface area (Å²) in [6.07, 6.45) is 0.511. The number of hydrogen-bond donors (Lipinski definition) is 1. The topological polar surface area (TPSA) is 80.5 Å². The number of alkyl halides is 1. The molecule has 1 heterocycles. The van der Waals surface area contributed by atoms with Gasteiger partial charge in [0.05, 0.1) is 5.75 Å². The lowest BCUT2D eigenvalue weighted by molar-refractivity contribution is -0.124. The molecule has 5 nitrogen and oxygen atoms in total. The van der Waals surface area contributed by atoms with Crippen LogP contribution in [0, 0.1) is 0 Å². The summed E-state index contributed by atoms with van der Waals surface area (Å²) in [6, 6.07) is -0.659. The Bertz CT molecular complexity index is 303. The molecule has 1 amide bonds. The molecule has 1 aliphatic rings. The van der Waals surface area contributed by atoms with E-state index < -0.39 is 22.0 Å². The smallest absolute Gasteiger partial charge is 0.235 e. The van der Waals surface area contributed by atoms with Crippen molar-refractivity contribution < 1.29 is 13.2 Å². The van der Waals surface area contributed by atoms with Crippen LogP contribution in [0.2, 0.25) is 0 Å². The molecule has 1 fully saturated rings. The zero-order chi connectivity index (χ0) is 10.1. The maximum absolute atomic E-state index is 11.4. The highest BCUT2D eigenvalue weighted by atomic mass is 35.5. The summed E-state index contributed by atoms with van der Waals surface area (Å²) in [6.45, 7) is 0.368. The normalized spacial score (nSPS) is 23.9. The predicted molar refractivity (Wildman–Crippen MR) is 48.8 cm³/mol. The van der Waals surface area contributed by atoms with E-state index in [2.05, 4.69) is 0 Å². The lowest BCUT2D eigenvalue weighted by Gasteiger charge is -2.37. The van der Waals surface area contributed by atoms with E-state index in [-0.39, 0.29) is 11.6 Å². The maximum Gasteiger partial charge on any atom is 0.235 e. The van der Waals surface area contributed by atoms with Crippen LogP contribution in [0.4, 0.5) is 0 Å². The number of halogens is 1. The number of hydrogen-bond acceptors (Lipinski definition) is 3. The molecule has 2 N–H and O–H groups in total. The third-order valence-corrected chi connectivity index (χ3v) is 4.28. The molecule has 1 unspecified atom stereocenters. The average Bonchev–Trinajstić information content (AvgIpc) is 1.79. The molecule has 0 aromatic heterocycles. The summed E-state index contributed by atoms with van der Waals surface area (Å²) in [5.41, 5.74) is 5.00. The lowest BCUT2D eigenvalue weighted by atomic mass is 10.1. The number of amides is 1. The van der Waals surface area contributed by atoms with Crippen molar-refractivity contribution in [2.45, 2.75) is 12.5 Å². The van der Waals surface area contributed by atoms with Crippen LogP contribution in [0.25, 0.3) is 0 Å². The summed E-state index contributed by atoms with van der Waals surface area (Å²) < 4.78 is 23.8. The van der Waals surface area contributed by atoms with Crippen LogP contribution in [-0.4, -0.2) is 42.8 Å². The van der Waals surface area contributed by atoms with Gasteiger partial charge in [0.2, 0.25) is 15.9 Å². The average molecular weight is 227 g/mol. The minimum atomic E-state index is -3.37. The monoisotopic (exact) mass is 226 g/mol. The third-order valence-electron chi connectivity index (χ3n) is 1.99. The number of carbonyl (C=O) groups excluding carboxylic acids is 1. The maximum atomic E-state index is 11.4. The Kier molecular flexibility index (Phi) is 3.15. The molecule has 0 aromatic carbocycles. The Morgan fingerprint density at radius 2 is 2.23 bits per heavy atom. The first-order valence-electron chi connectivity index (χ1n) is 3.84. The number of sulfonamides is 1. The van der Waals surface area contributed by atoms with Crippen molar-refractivity contribution in [3.8, 4) is 0 Å². The van der Waals surface area contributed by atoms with Crippen LogP contribution in [0.15, 0.2) is 0 Å². The van der Waals surface area contributed by atoms with Gasteiger partial charge >= 0.3 is 0 Å². The molecule has 0 saturated carbocycles. The number of nitrogens with two attached hydrogens (primary N) is 1. The SMILES string of the molecule is NC(=O)C1CCN1S(=O)(=O)CCCl. The molecule has 1 aliphatic heterocycles. The Hall–Kier alpha value is -0.330. The molecule has 1 atom stereocenters. The highest BCUT2D eigenvalue weighted by Gasteiger charge is 2.40. The van der Waals surface area contributed by atoms with Gasteiger partial charge in [-0.05, 0) is 6.42 Å². The summed E-state index contributed by atoms with van der Waals surface area (Å²) in [7, 11) is -3.37. The van der Waals surface area contributed by atoms with Crippen LogP contribution in [-0.2, 0) is 14.8 Å². The van der Waals surface area contributed by atoms with Crippen LogP contribution in [0.1, 0.15) is 6.42 Å². The first-order valence-corrected chi connectivity index (χ1v) is 5.98. The molecule has 0 bridgehead atoms. The van der Waals surface area contributed by atoms with Gasteiger partial charge < -0.3 is 5.73 Å². The second-order valence-corrected chi connectivity index (χ2v) is 5.24. The van der Waals surface area contributed by atoms with E-state index in [4.69, 9.17) is 17.3 Å². The molecule has 0 aliphatic carbocycles. The fourth-order valence-corrected chi connectivity index (χ4v) is 3.19. The van der Waals surface area contributed by atoms with Crippen molar-refractivity contribution in [2.24, 2.45) is 5.73 Å². The van der Waals surface area contributed by atoms with Gasteiger partial charge in [-0.2, -0.15) is 4.31 Å². The third kappa shape index (κ3) is 2.12. The fourth-order valence-electron chi connectivity index (χ4n) is 1.20. The number of primary amides is 1. The van der Waals surface area contributed by atoms with Crippen molar-refractivity contribution in [2.75, 3.05) is 18.2 Å². The highest BCUT2D eigenvalue weighted by molar-refractivity contribution is 7.89. The largest absolute Gasteiger partial charge is 0.368 e. The Labute approximate surface area is 81.9 Å². The van der Waals surface area contributed by atoms with E-state index in [1.165, 1.54) is 0 Å². The van der Waals surface area contributed by atoms with Crippen molar-refractivity contribution in [1.82, 2.24) is 4.31 Å². The number of carbonyl (C=O) groups is 1. The van der Waals surface area contributed by atoms with E-state index in [0.29, 0.717) is 13.0 Å². The number of rotatable bonds is 4. The first-order chi connectivity index (χ1) is 5.99. The van der Waals surface area contributed by atoms with Gasteiger partial charge in [-0.15, -0.1) is 11.6 Å². The summed E-state index contributed by atoms with van der Waals surface area (Å²) in [5.74, 6) is -0.702.